The number of hydrogen-bond donors (Lipinski definition) is 0. The van der Waals surface area contributed by atoms with Crippen molar-refractivity contribution in [2.24, 2.45) is 0 Å². The number of hydrogen-bond acceptors (Lipinski definition) is 0. The molecule has 0 amide bonds. The van der Waals surface area contributed by atoms with Crippen LogP contribution >= 0.6 is 15.9 Å². The van der Waals surface area contributed by atoms with Gasteiger partial charge in [-0.3, -0.25) is 0 Å². The van der Waals surface area contributed by atoms with Gasteiger partial charge in [0, 0.05) is 32.7 Å². The predicted octanol–water partition coefficient (Wildman–Crippen LogP) is 2.93. The summed E-state index contributed by atoms with van der Waals surface area (Å²) in [6.07, 6.45) is 0. The Morgan fingerprint density at radius 3 is 2.00 bits per heavy atom. The van der Waals surface area contributed by atoms with E-state index in [4.69, 9.17) is 0 Å². The molecule has 57 valence electrons. The van der Waals surface area contributed by atoms with Crippen LogP contribution in [0.15, 0.2) is 24.3 Å². The molecule has 11 heavy (non-hydrogen) atoms. The van der Waals surface area contributed by atoms with Gasteiger partial charge in [0.05, 0.1) is 0 Å². The molecule has 0 fully saturated rings. The van der Waals surface area contributed by atoms with Crippen LogP contribution in [0.4, 0.5) is 8.78 Å². The van der Waals surface area contributed by atoms with Crippen molar-refractivity contribution in [3.63, 3.8) is 0 Å². The van der Waals surface area contributed by atoms with Crippen molar-refractivity contribution in [1.82, 2.24) is 0 Å². The van der Waals surface area contributed by atoms with Crippen LogP contribution in [0.5, 0.6) is 0 Å². The molecule has 0 aliphatic carbocycles. The number of benzene rings is 1. The fourth-order valence-electron chi connectivity index (χ4n) is 0.576. The molecule has 0 bridgehead atoms. The Balaban J connectivity index is 0.000001000. The first-order valence-electron chi connectivity index (χ1n) is 2.64. The molecule has 0 saturated heterocycles. The van der Waals surface area contributed by atoms with Crippen molar-refractivity contribution in [3.8, 4) is 0 Å². The molecule has 0 heterocycles. The van der Waals surface area contributed by atoms with E-state index in [1.54, 1.807) is 0 Å². The van der Waals surface area contributed by atoms with Crippen molar-refractivity contribution in [3.05, 3.63) is 35.9 Å². The van der Waals surface area contributed by atoms with Crippen LogP contribution in [-0.4, -0.2) is 0 Å². The Morgan fingerprint density at radius 2 is 1.73 bits per heavy atom. The normalized spacial score (nSPS) is 10.5. The molecular weight excluding hydrogens is 291 g/mol. The summed E-state index contributed by atoms with van der Waals surface area (Å²) in [4.78, 5) is -2.91. The summed E-state index contributed by atoms with van der Waals surface area (Å²) in [7, 11) is 0. The van der Waals surface area contributed by atoms with Crippen LogP contribution in [0, 0.1) is 6.07 Å². The van der Waals surface area contributed by atoms with E-state index in [0.717, 1.165) is 0 Å². The van der Waals surface area contributed by atoms with Gasteiger partial charge < -0.3 is 0 Å². The third kappa shape index (κ3) is 3.72. The van der Waals surface area contributed by atoms with Crippen LogP contribution < -0.4 is 0 Å². The summed E-state index contributed by atoms with van der Waals surface area (Å²) in [5.41, 5.74) is -0.0498. The van der Waals surface area contributed by atoms with Crippen molar-refractivity contribution < 1.29 is 41.5 Å². The summed E-state index contributed by atoms with van der Waals surface area (Å²) in [6, 6.07) is 8.18. The average molecular weight is 295 g/mol. The topological polar surface area (TPSA) is 0 Å². The summed E-state index contributed by atoms with van der Waals surface area (Å²) in [6.45, 7) is 0. The Hall–Kier alpha value is 0.664. The fraction of sp³-hybridized carbons (Fsp3) is 0.143. The third-order valence-corrected chi connectivity index (χ3v) is 1.50. The van der Waals surface area contributed by atoms with Crippen molar-refractivity contribution in [2.45, 2.75) is 4.83 Å². The van der Waals surface area contributed by atoms with Gasteiger partial charge in [0.25, 0.3) is 0 Å². The minimum absolute atomic E-state index is 0. The molecule has 0 atom stereocenters. The van der Waals surface area contributed by atoms with Gasteiger partial charge in [-0.15, -0.1) is 0 Å². The van der Waals surface area contributed by atoms with Crippen LogP contribution in [0.1, 0.15) is 5.56 Å². The van der Waals surface area contributed by atoms with Gasteiger partial charge in [0.15, 0.2) is 0 Å². The molecule has 0 saturated carbocycles. The molecule has 0 unspecified atom stereocenters. The van der Waals surface area contributed by atoms with Crippen LogP contribution in [0.25, 0.3) is 0 Å². The number of alkyl halides is 3. The fourth-order valence-corrected chi connectivity index (χ4v) is 0.840. The van der Waals surface area contributed by atoms with Gasteiger partial charge in [-0.1, -0.05) is 5.56 Å². The van der Waals surface area contributed by atoms with Gasteiger partial charge in [-0.2, -0.15) is 39.1 Å². The van der Waals surface area contributed by atoms with E-state index >= 15 is 0 Å². The molecule has 4 heteroatoms. The van der Waals surface area contributed by atoms with E-state index < -0.39 is 4.83 Å². The van der Waals surface area contributed by atoms with Gasteiger partial charge in [0.1, 0.15) is 0 Å². The zero-order valence-electron chi connectivity index (χ0n) is 5.52. The quantitative estimate of drug-likeness (QED) is 0.552. The van der Waals surface area contributed by atoms with E-state index in [-0.39, 0.29) is 38.3 Å². The molecular formula is C7H4BrF2Y-. The van der Waals surface area contributed by atoms with E-state index in [0.29, 0.717) is 0 Å². The molecule has 1 aromatic rings. The maximum Gasteiger partial charge on any atom is 0.305 e. The molecule has 1 rings (SSSR count). The Kier molecular flexibility index (Phi) is 4.91. The number of rotatable bonds is 1. The molecule has 0 nitrogen and oxygen atoms in total. The van der Waals surface area contributed by atoms with E-state index in [9.17, 15) is 8.78 Å². The van der Waals surface area contributed by atoms with Gasteiger partial charge in [-0.25, -0.2) is 0 Å². The van der Waals surface area contributed by atoms with Crippen molar-refractivity contribution >= 4 is 15.9 Å². The van der Waals surface area contributed by atoms with Gasteiger partial charge >= 0.3 is 4.83 Å². The first kappa shape index (κ1) is 11.7. The second kappa shape index (κ2) is 4.63. The van der Waals surface area contributed by atoms with Crippen molar-refractivity contribution in [2.75, 3.05) is 0 Å². The predicted molar refractivity (Wildman–Crippen MR) is 38.1 cm³/mol. The minimum Gasteiger partial charge on any atom is -0.191 e. The first-order valence-corrected chi connectivity index (χ1v) is 3.43. The van der Waals surface area contributed by atoms with E-state index in [1.807, 2.05) is 0 Å². The molecule has 0 aliphatic heterocycles. The van der Waals surface area contributed by atoms with Crippen LogP contribution in [-0.2, 0) is 37.5 Å². The zero-order chi connectivity index (χ0) is 7.61. The van der Waals surface area contributed by atoms with E-state index in [1.165, 1.54) is 24.3 Å². The molecule has 0 spiro atoms. The van der Waals surface area contributed by atoms with Crippen LogP contribution in [0.2, 0.25) is 0 Å². The zero-order valence-corrected chi connectivity index (χ0v) is 9.94. The maximum absolute atomic E-state index is 12.4. The molecule has 0 aromatic heterocycles. The standard InChI is InChI=1S/C7H4BrF2.Y/c8-7(9,10)6-4-2-1-3-5-6;/h2-5H;/q-1;. The Bertz CT molecular complexity index is 207. The van der Waals surface area contributed by atoms with E-state index in [2.05, 4.69) is 22.0 Å². The number of halogens is 3. The Labute approximate surface area is 97.4 Å². The van der Waals surface area contributed by atoms with Crippen molar-refractivity contribution in [1.29, 1.82) is 0 Å². The maximum atomic E-state index is 12.4. The monoisotopic (exact) mass is 294 g/mol. The Morgan fingerprint density at radius 1 is 1.27 bits per heavy atom. The summed E-state index contributed by atoms with van der Waals surface area (Å²) in [5, 5.41) is 0. The van der Waals surface area contributed by atoms with Gasteiger partial charge in [-0.05, 0) is 15.9 Å². The summed E-state index contributed by atoms with van der Waals surface area (Å²) in [5.74, 6) is 0. The SMILES string of the molecule is FC(F)(Br)c1cc[c-]cc1.[Y]. The molecule has 1 aromatic carbocycles. The average Bonchev–Trinajstić information content (AvgIpc) is 1.88. The first-order chi connectivity index (χ1) is 4.61. The third-order valence-electron chi connectivity index (χ3n) is 1.05. The largest absolute Gasteiger partial charge is 0.305 e. The summed E-state index contributed by atoms with van der Waals surface area (Å²) >= 11 is 2.24. The van der Waals surface area contributed by atoms with Crippen LogP contribution in [0.3, 0.4) is 0 Å². The molecule has 1 radical (unpaired) electrons. The smallest absolute Gasteiger partial charge is 0.191 e. The second-order valence-electron chi connectivity index (χ2n) is 1.79. The van der Waals surface area contributed by atoms with Gasteiger partial charge in [0.2, 0.25) is 0 Å². The summed E-state index contributed by atoms with van der Waals surface area (Å²) < 4.78 is 24.7. The minimum atomic E-state index is -2.91. The molecule has 0 N–H and O–H groups in total. The second-order valence-corrected chi connectivity index (χ2v) is 2.78. The molecule has 0 aliphatic rings.